The minimum atomic E-state index is -0.839. The number of nitriles is 1. The molecule has 3 heteroatoms. The van der Waals surface area contributed by atoms with Gasteiger partial charge in [-0.2, -0.15) is 5.26 Å². The van der Waals surface area contributed by atoms with E-state index in [4.69, 9.17) is 4.74 Å². The Labute approximate surface area is 119 Å². The highest BCUT2D eigenvalue weighted by Crippen LogP contribution is 2.32. The molecule has 0 aliphatic carbocycles. The Morgan fingerprint density at radius 3 is 2.35 bits per heavy atom. The molecule has 2 aromatic rings. The molecule has 2 aromatic carbocycles. The van der Waals surface area contributed by atoms with Gasteiger partial charge in [0, 0.05) is 0 Å². The van der Waals surface area contributed by atoms with E-state index >= 15 is 0 Å². The van der Waals surface area contributed by atoms with Gasteiger partial charge in [-0.1, -0.05) is 42.5 Å². The van der Waals surface area contributed by atoms with Crippen molar-refractivity contribution in [3.63, 3.8) is 0 Å². The highest BCUT2D eigenvalue weighted by molar-refractivity contribution is 5.40. The van der Waals surface area contributed by atoms with Crippen molar-refractivity contribution in [2.24, 2.45) is 0 Å². The largest absolute Gasteiger partial charge is 0.496 e. The predicted molar refractivity (Wildman–Crippen MR) is 77.5 cm³/mol. The Morgan fingerprint density at radius 2 is 1.80 bits per heavy atom. The molecule has 102 valence electrons. The molecule has 0 saturated heterocycles. The number of aliphatic hydroxyl groups excluding tert-OH is 1. The number of aliphatic hydroxyl groups is 1. The molecule has 0 aliphatic heterocycles. The smallest absolute Gasteiger partial charge is 0.121 e. The molecule has 0 radical (unpaired) electrons. The van der Waals surface area contributed by atoms with Gasteiger partial charge in [0.15, 0.2) is 0 Å². The summed E-state index contributed by atoms with van der Waals surface area (Å²) in [6.07, 6.45) is -0.839. The molecule has 0 spiro atoms. The highest BCUT2D eigenvalue weighted by Gasteiger charge is 2.22. The van der Waals surface area contributed by atoms with Crippen LogP contribution in [0.25, 0.3) is 0 Å². The second-order valence-corrected chi connectivity index (χ2v) is 4.69. The number of hydrogen-bond acceptors (Lipinski definition) is 3. The number of methoxy groups -OCH3 is 1. The maximum absolute atomic E-state index is 10.4. The maximum Gasteiger partial charge on any atom is 0.121 e. The van der Waals surface area contributed by atoms with Gasteiger partial charge in [-0.15, -0.1) is 0 Å². The van der Waals surface area contributed by atoms with Crippen LogP contribution in [0.5, 0.6) is 5.75 Å². The standard InChI is InChI=1S/C17H17NO2/c1-12-10-14(8-9-16(12)20-2)15(11-18)17(19)13-6-4-3-5-7-13/h3-10,15,17,19H,1-2H3. The van der Waals surface area contributed by atoms with Crippen LogP contribution < -0.4 is 4.74 Å². The molecule has 3 nitrogen and oxygen atoms in total. The van der Waals surface area contributed by atoms with Gasteiger partial charge in [-0.05, 0) is 29.7 Å². The van der Waals surface area contributed by atoms with Crippen molar-refractivity contribution in [1.29, 1.82) is 5.26 Å². The van der Waals surface area contributed by atoms with Crippen molar-refractivity contribution < 1.29 is 9.84 Å². The molecule has 2 rings (SSSR count). The summed E-state index contributed by atoms with van der Waals surface area (Å²) in [6, 6.07) is 17.0. The third-order valence-corrected chi connectivity index (χ3v) is 3.37. The number of nitrogens with zero attached hydrogens (tertiary/aromatic N) is 1. The summed E-state index contributed by atoms with van der Waals surface area (Å²) < 4.78 is 5.21. The van der Waals surface area contributed by atoms with Gasteiger partial charge in [0.25, 0.3) is 0 Å². The minimum absolute atomic E-state index is 0.595. The van der Waals surface area contributed by atoms with Crippen LogP contribution in [-0.4, -0.2) is 12.2 Å². The molecule has 0 saturated carbocycles. The molecule has 0 heterocycles. The molecular formula is C17H17NO2. The Bertz CT molecular complexity index is 617. The summed E-state index contributed by atoms with van der Waals surface area (Å²) in [5.41, 5.74) is 2.49. The Kier molecular flexibility index (Phi) is 4.39. The summed E-state index contributed by atoms with van der Waals surface area (Å²) >= 11 is 0. The topological polar surface area (TPSA) is 53.2 Å². The summed E-state index contributed by atoms with van der Waals surface area (Å²) in [6.45, 7) is 1.92. The van der Waals surface area contributed by atoms with Crippen LogP contribution in [0.15, 0.2) is 48.5 Å². The molecular weight excluding hydrogens is 250 g/mol. The summed E-state index contributed by atoms with van der Waals surface area (Å²) in [5, 5.41) is 19.8. The molecule has 2 unspecified atom stereocenters. The lowest BCUT2D eigenvalue weighted by Crippen LogP contribution is -2.09. The van der Waals surface area contributed by atoms with Crippen LogP contribution in [0.1, 0.15) is 28.7 Å². The average molecular weight is 267 g/mol. The maximum atomic E-state index is 10.4. The van der Waals surface area contributed by atoms with Gasteiger partial charge in [0.2, 0.25) is 0 Å². The molecule has 1 N–H and O–H groups in total. The van der Waals surface area contributed by atoms with E-state index in [0.29, 0.717) is 0 Å². The van der Waals surface area contributed by atoms with Crippen molar-refractivity contribution >= 4 is 0 Å². The predicted octanol–water partition coefficient (Wildman–Crippen LogP) is 3.34. The molecule has 0 bridgehead atoms. The zero-order chi connectivity index (χ0) is 14.5. The van der Waals surface area contributed by atoms with Crippen LogP contribution in [-0.2, 0) is 0 Å². The first-order chi connectivity index (χ1) is 9.67. The first-order valence-corrected chi connectivity index (χ1v) is 6.44. The minimum Gasteiger partial charge on any atom is -0.496 e. The molecule has 2 atom stereocenters. The lowest BCUT2D eigenvalue weighted by Gasteiger charge is -2.18. The number of rotatable bonds is 4. The summed E-state index contributed by atoms with van der Waals surface area (Å²) in [5.74, 6) is 0.182. The summed E-state index contributed by atoms with van der Waals surface area (Å²) in [7, 11) is 1.61. The van der Waals surface area contributed by atoms with E-state index in [1.807, 2.05) is 55.5 Å². The molecule has 0 amide bonds. The Morgan fingerprint density at radius 1 is 1.10 bits per heavy atom. The van der Waals surface area contributed by atoms with Gasteiger partial charge < -0.3 is 9.84 Å². The highest BCUT2D eigenvalue weighted by atomic mass is 16.5. The lowest BCUT2D eigenvalue weighted by atomic mass is 9.89. The van der Waals surface area contributed by atoms with Crippen LogP contribution in [0, 0.1) is 18.3 Å². The number of hydrogen-bond donors (Lipinski definition) is 1. The van der Waals surface area contributed by atoms with Crippen molar-refractivity contribution in [2.45, 2.75) is 18.9 Å². The lowest BCUT2D eigenvalue weighted by molar-refractivity contribution is 0.164. The van der Waals surface area contributed by atoms with Crippen molar-refractivity contribution in [2.75, 3.05) is 7.11 Å². The van der Waals surface area contributed by atoms with E-state index in [-0.39, 0.29) is 0 Å². The zero-order valence-electron chi connectivity index (χ0n) is 11.6. The van der Waals surface area contributed by atoms with Gasteiger partial charge in [-0.25, -0.2) is 0 Å². The van der Waals surface area contributed by atoms with Crippen molar-refractivity contribution in [3.8, 4) is 11.8 Å². The van der Waals surface area contributed by atoms with Crippen molar-refractivity contribution in [1.82, 2.24) is 0 Å². The van der Waals surface area contributed by atoms with Crippen LogP contribution in [0.4, 0.5) is 0 Å². The second-order valence-electron chi connectivity index (χ2n) is 4.69. The fraction of sp³-hybridized carbons (Fsp3) is 0.235. The molecule has 0 fully saturated rings. The molecule has 0 aliphatic rings. The van der Waals surface area contributed by atoms with E-state index in [2.05, 4.69) is 6.07 Å². The van der Waals surface area contributed by atoms with Gasteiger partial charge in [-0.3, -0.25) is 0 Å². The van der Waals surface area contributed by atoms with Crippen LogP contribution in [0.3, 0.4) is 0 Å². The number of aryl methyl sites for hydroxylation is 1. The van der Waals surface area contributed by atoms with E-state index in [9.17, 15) is 10.4 Å². The number of ether oxygens (including phenoxy) is 1. The second kappa shape index (κ2) is 6.23. The van der Waals surface area contributed by atoms with Crippen LogP contribution >= 0.6 is 0 Å². The molecule has 20 heavy (non-hydrogen) atoms. The van der Waals surface area contributed by atoms with E-state index in [0.717, 1.165) is 22.4 Å². The fourth-order valence-corrected chi connectivity index (χ4v) is 2.27. The van der Waals surface area contributed by atoms with Crippen molar-refractivity contribution in [3.05, 3.63) is 65.2 Å². The monoisotopic (exact) mass is 267 g/mol. The van der Waals surface area contributed by atoms with E-state index < -0.39 is 12.0 Å². The normalized spacial score (nSPS) is 13.3. The first kappa shape index (κ1) is 14.1. The fourth-order valence-electron chi connectivity index (χ4n) is 2.27. The van der Waals surface area contributed by atoms with Gasteiger partial charge >= 0.3 is 0 Å². The third kappa shape index (κ3) is 2.81. The zero-order valence-corrected chi connectivity index (χ0v) is 11.6. The van der Waals surface area contributed by atoms with Crippen LogP contribution in [0.2, 0.25) is 0 Å². The first-order valence-electron chi connectivity index (χ1n) is 6.44. The van der Waals surface area contributed by atoms with Gasteiger partial charge in [0.1, 0.15) is 11.7 Å². The average Bonchev–Trinajstić information content (AvgIpc) is 2.49. The summed E-state index contributed by atoms with van der Waals surface area (Å²) in [4.78, 5) is 0. The van der Waals surface area contributed by atoms with E-state index in [1.54, 1.807) is 7.11 Å². The number of benzene rings is 2. The third-order valence-electron chi connectivity index (χ3n) is 3.37. The Hall–Kier alpha value is -2.31. The molecule has 0 aromatic heterocycles. The quantitative estimate of drug-likeness (QED) is 0.924. The Balaban J connectivity index is 2.34. The van der Waals surface area contributed by atoms with Gasteiger partial charge in [0.05, 0.1) is 19.3 Å². The SMILES string of the molecule is COc1ccc(C(C#N)C(O)c2ccccc2)cc1C. The van der Waals surface area contributed by atoms with E-state index in [1.165, 1.54) is 0 Å².